The van der Waals surface area contributed by atoms with Crippen molar-refractivity contribution in [2.24, 2.45) is 0 Å². The first-order valence-electron chi connectivity index (χ1n) is 7.27. The van der Waals surface area contributed by atoms with Gasteiger partial charge in [-0.2, -0.15) is 0 Å². The number of fused-ring (bicyclic) bond motifs is 1. The first-order chi connectivity index (χ1) is 10.3. The van der Waals surface area contributed by atoms with Gasteiger partial charge in [-0.3, -0.25) is 0 Å². The lowest BCUT2D eigenvalue weighted by Gasteiger charge is -2.16. The third-order valence-corrected chi connectivity index (χ3v) is 3.25. The molecule has 2 rings (SSSR count). The Morgan fingerprint density at radius 3 is 2.19 bits per heavy atom. The Morgan fingerprint density at radius 1 is 0.905 bits per heavy atom. The van der Waals surface area contributed by atoms with Gasteiger partial charge in [0.2, 0.25) is 0 Å². The molecule has 0 bridgehead atoms. The van der Waals surface area contributed by atoms with Crippen LogP contribution < -0.4 is 9.47 Å². The first-order valence-corrected chi connectivity index (χ1v) is 7.27. The highest BCUT2D eigenvalue weighted by molar-refractivity contribution is 5.94. The Labute approximate surface area is 124 Å². The molecule has 0 aliphatic rings. The van der Waals surface area contributed by atoms with Crippen LogP contribution >= 0.6 is 0 Å². The van der Waals surface area contributed by atoms with E-state index in [1.165, 1.54) is 0 Å². The summed E-state index contributed by atoms with van der Waals surface area (Å²) in [6, 6.07) is 9.91. The fourth-order valence-corrected chi connectivity index (χ4v) is 2.24. The van der Waals surface area contributed by atoms with Crippen molar-refractivity contribution in [2.45, 2.75) is 19.8 Å². The average Bonchev–Trinajstić information content (AvgIpc) is 2.50. The summed E-state index contributed by atoms with van der Waals surface area (Å²) in [5.74, 6) is 1.65. The molecule has 0 aliphatic heterocycles. The number of aliphatic hydroxyl groups excluding tert-OH is 2. The molecule has 0 aliphatic carbocycles. The Morgan fingerprint density at radius 2 is 1.52 bits per heavy atom. The molecule has 114 valence electrons. The SMILES string of the molecule is Cc1cc(OCCCO)c2ccccc2c1OCCCO. The van der Waals surface area contributed by atoms with E-state index >= 15 is 0 Å². The van der Waals surface area contributed by atoms with E-state index < -0.39 is 0 Å². The summed E-state index contributed by atoms with van der Waals surface area (Å²) in [6.45, 7) is 3.22. The number of hydrogen-bond acceptors (Lipinski definition) is 4. The molecule has 4 heteroatoms. The van der Waals surface area contributed by atoms with Gasteiger partial charge in [0.25, 0.3) is 0 Å². The maximum atomic E-state index is 8.87. The van der Waals surface area contributed by atoms with E-state index in [4.69, 9.17) is 19.7 Å². The molecule has 21 heavy (non-hydrogen) atoms. The lowest BCUT2D eigenvalue weighted by atomic mass is 10.0. The molecule has 0 unspecified atom stereocenters. The molecule has 0 saturated heterocycles. The molecule has 2 N–H and O–H groups in total. The summed E-state index contributed by atoms with van der Waals surface area (Å²) in [4.78, 5) is 0. The second-order valence-corrected chi connectivity index (χ2v) is 4.92. The highest BCUT2D eigenvalue weighted by Crippen LogP contribution is 2.36. The molecule has 0 radical (unpaired) electrons. The van der Waals surface area contributed by atoms with E-state index in [2.05, 4.69) is 0 Å². The van der Waals surface area contributed by atoms with Crippen LogP contribution in [0.5, 0.6) is 11.5 Å². The van der Waals surface area contributed by atoms with Crippen molar-refractivity contribution in [1.82, 2.24) is 0 Å². The van der Waals surface area contributed by atoms with Crippen LogP contribution in [0, 0.1) is 6.92 Å². The Hall–Kier alpha value is -1.78. The smallest absolute Gasteiger partial charge is 0.130 e. The summed E-state index contributed by atoms with van der Waals surface area (Å²) < 4.78 is 11.6. The number of benzene rings is 2. The highest BCUT2D eigenvalue weighted by Gasteiger charge is 2.11. The molecule has 0 spiro atoms. The van der Waals surface area contributed by atoms with Crippen molar-refractivity contribution in [2.75, 3.05) is 26.4 Å². The molecule has 0 aromatic heterocycles. The van der Waals surface area contributed by atoms with Gasteiger partial charge < -0.3 is 19.7 Å². The normalized spacial score (nSPS) is 10.8. The van der Waals surface area contributed by atoms with Crippen molar-refractivity contribution in [3.63, 3.8) is 0 Å². The number of hydrogen-bond donors (Lipinski definition) is 2. The Kier molecular flexibility index (Phi) is 5.84. The van der Waals surface area contributed by atoms with Crippen molar-refractivity contribution < 1.29 is 19.7 Å². The maximum Gasteiger partial charge on any atom is 0.130 e. The maximum absolute atomic E-state index is 8.87. The minimum absolute atomic E-state index is 0.124. The minimum atomic E-state index is 0.124. The summed E-state index contributed by atoms with van der Waals surface area (Å²) in [7, 11) is 0. The first kappa shape index (κ1) is 15.6. The molecule has 4 nitrogen and oxygen atoms in total. The van der Waals surface area contributed by atoms with Crippen LogP contribution in [0.2, 0.25) is 0 Å². The molecular weight excluding hydrogens is 268 g/mol. The van der Waals surface area contributed by atoms with Crippen LogP contribution in [0.15, 0.2) is 30.3 Å². The number of aliphatic hydroxyl groups is 2. The molecule has 0 heterocycles. The predicted octanol–water partition coefficient (Wildman–Crippen LogP) is 2.67. The molecular formula is C17H22O4. The van der Waals surface area contributed by atoms with Gasteiger partial charge >= 0.3 is 0 Å². The Bertz CT molecular complexity index is 580. The fraction of sp³-hybridized carbons (Fsp3) is 0.412. The zero-order chi connectivity index (χ0) is 15.1. The van der Waals surface area contributed by atoms with E-state index in [1.807, 2.05) is 37.3 Å². The van der Waals surface area contributed by atoms with Gasteiger partial charge in [0.1, 0.15) is 11.5 Å². The topological polar surface area (TPSA) is 58.9 Å². The molecule has 0 amide bonds. The van der Waals surface area contributed by atoms with E-state index in [9.17, 15) is 0 Å². The van der Waals surface area contributed by atoms with Crippen molar-refractivity contribution >= 4 is 10.8 Å². The van der Waals surface area contributed by atoms with E-state index in [0.717, 1.165) is 27.8 Å². The quantitative estimate of drug-likeness (QED) is 0.734. The van der Waals surface area contributed by atoms with Crippen LogP contribution in [0.25, 0.3) is 10.8 Å². The molecule has 2 aromatic carbocycles. The summed E-state index contributed by atoms with van der Waals surface area (Å²) in [6.07, 6.45) is 1.23. The van der Waals surface area contributed by atoms with Gasteiger partial charge in [0.05, 0.1) is 13.2 Å². The van der Waals surface area contributed by atoms with Gasteiger partial charge in [-0.15, -0.1) is 0 Å². The molecule has 0 saturated carbocycles. The van der Waals surface area contributed by atoms with E-state index in [-0.39, 0.29) is 13.2 Å². The van der Waals surface area contributed by atoms with Crippen molar-refractivity contribution in [3.8, 4) is 11.5 Å². The van der Waals surface area contributed by atoms with Gasteiger partial charge in [-0.25, -0.2) is 0 Å². The van der Waals surface area contributed by atoms with Gasteiger partial charge in [-0.05, 0) is 18.6 Å². The second kappa shape index (κ2) is 7.86. The van der Waals surface area contributed by atoms with Crippen LogP contribution in [0.3, 0.4) is 0 Å². The standard InChI is InChI=1S/C17H22O4/c1-13-12-16(20-10-4-8-18)14-6-2-3-7-15(14)17(13)21-11-5-9-19/h2-3,6-7,12,18-19H,4-5,8-11H2,1H3. The summed E-state index contributed by atoms with van der Waals surface area (Å²) in [5, 5.41) is 19.7. The highest BCUT2D eigenvalue weighted by atomic mass is 16.5. The monoisotopic (exact) mass is 290 g/mol. The van der Waals surface area contributed by atoms with Gasteiger partial charge in [-0.1, -0.05) is 24.3 Å². The molecule has 2 aromatic rings. The number of aryl methyl sites for hydroxylation is 1. The van der Waals surface area contributed by atoms with Crippen molar-refractivity contribution in [1.29, 1.82) is 0 Å². The van der Waals surface area contributed by atoms with Gasteiger partial charge in [0.15, 0.2) is 0 Å². The van der Waals surface area contributed by atoms with Crippen LogP contribution in [0.4, 0.5) is 0 Å². The van der Waals surface area contributed by atoms with E-state index in [0.29, 0.717) is 26.1 Å². The van der Waals surface area contributed by atoms with E-state index in [1.54, 1.807) is 0 Å². The van der Waals surface area contributed by atoms with Crippen LogP contribution in [0.1, 0.15) is 18.4 Å². The summed E-state index contributed by atoms with van der Waals surface area (Å²) in [5.41, 5.74) is 1.01. The number of ether oxygens (including phenoxy) is 2. The van der Waals surface area contributed by atoms with Crippen molar-refractivity contribution in [3.05, 3.63) is 35.9 Å². The molecule has 0 atom stereocenters. The van der Waals surface area contributed by atoms with Gasteiger partial charge in [0, 0.05) is 36.8 Å². The van der Waals surface area contributed by atoms with Crippen LogP contribution in [-0.2, 0) is 0 Å². The predicted molar refractivity (Wildman–Crippen MR) is 83.1 cm³/mol. The van der Waals surface area contributed by atoms with Crippen LogP contribution in [-0.4, -0.2) is 36.6 Å². The minimum Gasteiger partial charge on any atom is -0.493 e. The average molecular weight is 290 g/mol. The lowest BCUT2D eigenvalue weighted by molar-refractivity contribution is 0.231. The second-order valence-electron chi connectivity index (χ2n) is 4.92. The zero-order valence-electron chi connectivity index (χ0n) is 12.3. The number of rotatable bonds is 8. The third-order valence-electron chi connectivity index (χ3n) is 3.25. The third kappa shape index (κ3) is 3.86. The lowest BCUT2D eigenvalue weighted by Crippen LogP contribution is -2.04. The largest absolute Gasteiger partial charge is 0.493 e. The summed E-state index contributed by atoms with van der Waals surface area (Å²) >= 11 is 0. The Balaban J connectivity index is 2.33. The zero-order valence-corrected chi connectivity index (χ0v) is 12.3. The molecule has 0 fully saturated rings. The fourth-order valence-electron chi connectivity index (χ4n) is 2.24.